The molecule has 1 amide bonds. The summed E-state index contributed by atoms with van der Waals surface area (Å²) in [7, 11) is 0. The average Bonchev–Trinajstić information content (AvgIpc) is 2.90. The summed E-state index contributed by atoms with van der Waals surface area (Å²) in [5, 5.41) is 2.87. The molecular weight excluding hydrogens is 271 g/mol. The van der Waals surface area contributed by atoms with Gasteiger partial charge in [0.2, 0.25) is 0 Å². The zero-order valence-corrected chi connectivity index (χ0v) is 11.9. The van der Waals surface area contributed by atoms with E-state index in [-0.39, 0.29) is 17.8 Å². The Morgan fingerprint density at radius 3 is 2.81 bits per heavy atom. The summed E-state index contributed by atoms with van der Waals surface area (Å²) in [6.07, 6.45) is 3.90. The number of rotatable bonds is 6. The molecule has 0 spiro atoms. The van der Waals surface area contributed by atoms with Crippen LogP contribution in [0.2, 0.25) is 0 Å². The van der Waals surface area contributed by atoms with E-state index in [0.29, 0.717) is 25.2 Å². The molecule has 2 rings (SSSR count). The van der Waals surface area contributed by atoms with E-state index in [4.69, 9.17) is 5.73 Å². The van der Waals surface area contributed by atoms with Crippen LogP contribution >= 0.6 is 0 Å². The maximum atomic E-state index is 12.8. The molecular formula is C15H19FN4O. The van der Waals surface area contributed by atoms with Gasteiger partial charge >= 0.3 is 0 Å². The molecule has 1 atom stereocenters. The normalized spacial score (nSPS) is 12.1. The molecule has 0 aliphatic rings. The third kappa shape index (κ3) is 4.39. The van der Waals surface area contributed by atoms with Gasteiger partial charge in [0, 0.05) is 25.3 Å². The fourth-order valence-corrected chi connectivity index (χ4v) is 2.07. The summed E-state index contributed by atoms with van der Waals surface area (Å²) in [5.41, 5.74) is 6.79. The van der Waals surface area contributed by atoms with Crippen molar-refractivity contribution < 1.29 is 9.18 Å². The summed E-state index contributed by atoms with van der Waals surface area (Å²) in [6, 6.07) is 6.20. The molecule has 3 N–H and O–H groups in total. The number of nitrogens with two attached hydrogens (primary N) is 1. The van der Waals surface area contributed by atoms with Crippen LogP contribution in [0.15, 0.2) is 36.8 Å². The van der Waals surface area contributed by atoms with E-state index >= 15 is 0 Å². The molecule has 6 heteroatoms. The first kappa shape index (κ1) is 15.2. The lowest BCUT2D eigenvalue weighted by molar-refractivity contribution is 0.0935. The number of amides is 1. The highest BCUT2D eigenvalue weighted by Crippen LogP contribution is 2.06. The van der Waals surface area contributed by atoms with Gasteiger partial charge in [-0.1, -0.05) is 12.1 Å². The molecule has 0 saturated carbocycles. The summed E-state index contributed by atoms with van der Waals surface area (Å²) >= 11 is 0. The number of hydrogen-bond donors (Lipinski definition) is 2. The first-order valence-electron chi connectivity index (χ1n) is 6.85. The lowest BCUT2D eigenvalue weighted by Crippen LogP contribution is -2.34. The average molecular weight is 290 g/mol. The third-order valence-electron chi connectivity index (χ3n) is 3.09. The molecule has 21 heavy (non-hydrogen) atoms. The van der Waals surface area contributed by atoms with E-state index in [1.165, 1.54) is 12.1 Å². The first-order valence-corrected chi connectivity index (χ1v) is 6.85. The van der Waals surface area contributed by atoms with Gasteiger partial charge in [0.1, 0.15) is 11.5 Å². The molecule has 0 radical (unpaired) electrons. The van der Waals surface area contributed by atoms with Gasteiger partial charge in [-0.05, 0) is 31.0 Å². The minimum Gasteiger partial charge on any atom is -0.348 e. The summed E-state index contributed by atoms with van der Waals surface area (Å²) < 4.78 is 14.6. The van der Waals surface area contributed by atoms with Gasteiger partial charge < -0.3 is 15.6 Å². The minimum atomic E-state index is -0.263. The van der Waals surface area contributed by atoms with Gasteiger partial charge in [0.05, 0.1) is 6.33 Å². The van der Waals surface area contributed by atoms with E-state index < -0.39 is 0 Å². The predicted molar refractivity (Wildman–Crippen MR) is 78.3 cm³/mol. The summed E-state index contributed by atoms with van der Waals surface area (Å²) in [5.74, 6) is -0.485. The fraction of sp³-hybridized carbons (Fsp3) is 0.333. The molecule has 1 unspecified atom stereocenters. The number of carbonyl (C=O) groups is 1. The second kappa shape index (κ2) is 6.99. The van der Waals surface area contributed by atoms with Crippen LogP contribution in [0.3, 0.4) is 0 Å². The highest BCUT2D eigenvalue weighted by Gasteiger charge is 2.12. The Labute approximate surface area is 123 Å². The van der Waals surface area contributed by atoms with Crippen LogP contribution in [0.5, 0.6) is 0 Å². The zero-order chi connectivity index (χ0) is 15.2. The second-order valence-corrected chi connectivity index (χ2v) is 4.99. The van der Waals surface area contributed by atoms with Gasteiger partial charge in [0.15, 0.2) is 0 Å². The van der Waals surface area contributed by atoms with Crippen molar-refractivity contribution in [3.8, 4) is 0 Å². The molecule has 1 aromatic heterocycles. The minimum absolute atomic E-state index is 0.0670. The van der Waals surface area contributed by atoms with Crippen molar-refractivity contribution in [3.63, 3.8) is 0 Å². The smallest absolute Gasteiger partial charge is 0.271 e. The third-order valence-corrected chi connectivity index (χ3v) is 3.09. The van der Waals surface area contributed by atoms with Gasteiger partial charge in [0.25, 0.3) is 5.91 Å². The number of nitrogens with one attached hydrogen (secondary N) is 1. The first-order chi connectivity index (χ1) is 10.1. The number of imidazole rings is 1. The highest BCUT2D eigenvalue weighted by molar-refractivity contribution is 5.92. The monoisotopic (exact) mass is 290 g/mol. The number of aromatic nitrogens is 2. The largest absolute Gasteiger partial charge is 0.348 e. The van der Waals surface area contributed by atoms with E-state index in [0.717, 1.165) is 5.56 Å². The quantitative estimate of drug-likeness (QED) is 0.843. The molecule has 0 aliphatic heterocycles. The Kier molecular flexibility index (Phi) is 5.05. The molecule has 0 saturated heterocycles. The molecule has 0 aliphatic carbocycles. The summed E-state index contributed by atoms with van der Waals surface area (Å²) in [4.78, 5) is 16.1. The van der Waals surface area contributed by atoms with Gasteiger partial charge in [-0.3, -0.25) is 4.79 Å². The molecule has 0 bridgehead atoms. The molecule has 5 nitrogen and oxygen atoms in total. The topological polar surface area (TPSA) is 72.9 Å². The van der Waals surface area contributed by atoms with Gasteiger partial charge in [-0.15, -0.1) is 0 Å². The lowest BCUT2D eigenvalue weighted by Gasteiger charge is -2.13. The summed E-state index contributed by atoms with van der Waals surface area (Å²) in [6.45, 7) is 3.03. The lowest BCUT2D eigenvalue weighted by atomic mass is 10.1. The van der Waals surface area contributed by atoms with Crippen molar-refractivity contribution in [3.05, 3.63) is 53.9 Å². The highest BCUT2D eigenvalue weighted by atomic mass is 19.1. The van der Waals surface area contributed by atoms with Crippen molar-refractivity contribution in [2.75, 3.05) is 6.54 Å². The van der Waals surface area contributed by atoms with Crippen LogP contribution in [0.4, 0.5) is 4.39 Å². The number of hydrogen-bond acceptors (Lipinski definition) is 3. The van der Waals surface area contributed by atoms with E-state index in [2.05, 4.69) is 10.3 Å². The van der Waals surface area contributed by atoms with Crippen LogP contribution in [-0.4, -0.2) is 28.0 Å². The maximum Gasteiger partial charge on any atom is 0.271 e. The number of nitrogens with zero attached hydrogens (tertiary/aromatic N) is 2. The SMILES string of the molecule is CC(Cc1ccc(F)cc1)NC(=O)c1cn(CCN)cn1. The van der Waals surface area contributed by atoms with Crippen LogP contribution in [-0.2, 0) is 13.0 Å². The molecule has 0 fully saturated rings. The van der Waals surface area contributed by atoms with Crippen molar-refractivity contribution in [2.45, 2.75) is 25.9 Å². The predicted octanol–water partition coefficient (Wildman–Crippen LogP) is 1.34. The van der Waals surface area contributed by atoms with Crippen molar-refractivity contribution in [1.29, 1.82) is 0 Å². The van der Waals surface area contributed by atoms with E-state index in [9.17, 15) is 9.18 Å². The number of carbonyl (C=O) groups excluding carboxylic acids is 1. The Morgan fingerprint density at radius 1 is 1.43 bits per heavy atom. The Morgan fingerprint density at radius 2 is 2.14 bits per heavy atom. The molecule has 112 valence electrons. The van der Waals surface area contributed by atoms with Gasteiger partial charge in [-0.25, -0.2) is 9.37 Å². The van der Waals surface area contributed by atoms with Crippen molar-refractivity contribution >= 4 is 5.91 Å². The standard InChI is InChI=1S/C15H19FN4O/c1-11(8-12-2-4-13(16)5-3-12)19-15(21)14-9-20(7-6-17)10-18-14/h2-5,9-11H,6-8,17H2,1H3,(H,19,21). The molecule has 1 heterocycles. The van der Waals surface area contributed by atoms with Crippen LogP contribution in [0, 0.1) is 5.82 Å². The van der Waals surface area contributed by atoms with Crippen molar-refractivity contribution in [2.24, 2.45) is 5.73 Å². The van der Waals surface area contributed by atoms with E-state index in [1.54, 1.807) is 29.2 Å². The Bertz CT molecular complexity index is 594. The maximum absolute atomic E-state index is 12.8. The van der Waals surface area contributed by atoms with E-state index in [1.807, 2.05) is 6.92 Å². The van der Waals surface area contributed by atoms with Gasteiger partial charge in [-0.2, -0.15) is 0 Å². The van der Waals surface area contributed by atoms with Crippen LogP contribution in [0.1, 0.15) is 23.0 Å². The van der Waals surface area contributed by atoms with Crippen LogP contribution in [0.25, 0.3) is 0 Å². The fourth-order valence-electron chi connectivity index (χ4n) is 2.07. The zero-order valence-electron chi connectivity index (χ0n) is 11.9. The number of halogens is 1. The van der Waals surface area contributed by atoms with Crippen molar-refractivity contribution in [1.82, 2.24) is 14.9 Å². The molecule has 2 aromatic rings. The Hall–Kier alpha value is -2.21. The number of benzene rings is 1. The second-order valence-electron chi connectivity index (χ2n) is 4.99. The van der Waals surface area contributed by atoms with Crippen LogP contribution < -0.4 is 11.1 Å². The Balaban J connectivity index is 1.90. The molecule has 1 aromatic carbocycles.